The largest absolute Gasteiger partial charge is 0.492 e. The van der Waals surface area contributed by atoms with Crippen LogP contribution in [0.15, 0.2) is 24.3 Å². The number of ether oxygens (including phenoxy) is 1. The van der Waals surface area contributed by atoms with Gasteiger partial charge in [0.25, 0.3) is 0 Å². The molecular weight excluding hydrogens is 238 g/mol. The van der Waals surface area contributed by atoms with Crippen LogP contribution >= 0.6 is 0 Å². The molecule has 0 spiro atoms. The first-order valence-electron chi connectivity index (χ1n) is 7.14. The van der Waals surface area contributed by atoms with Gasteiger partial charge in [0.15, 0.2) is 0 Å². The van der Waals surface area contributed by atoms with Crippen molar-refractivity contribution in [1.82, 2.24) is 4.90 Å². The van der Waals surface area contributed by atoms with E-state index < -0.39 is 0 Å². The molecule has 1 amide bonds. The minimum atomic E-state index is -0.0268. The summed E-state index contributed by atoms with van der Waals surface area (Å²) in [5.41, 5.74) is 1.15. The van der Waals surface area contributed by atoms with Crippen molar-refractivity contribution in [3.63, 3.8) is 0 Å². The first-order chi connectivity index (χ1) is 9.16. The molecule has 1 aromatic rings. The van der Waals surface area contributed by atoms with Crippen molar-refractivity contribution in [2.24, 2.45) is 11.8 Å². The molecule has 1 fully saturated rings. The number of benzene rings is 1. The molecule has 0 bridgehead atoms. The molecule has 3 rings (SSSR count). The van der Waals surface area contributed by atoms with Gasteiger partial charge in [0.1, 0.15) is 12.4 Å². The fourth-order valence-electron chi connectivity index (χ4n) is 2.87. The summed E-state index contributed by atoms with van der Waals surface area (Å²) in [7, 11) is 1.94. The van der Waals surface area contributed by atoms with E-state index in [4.69, 9.17) is 4.74 Å². The lowest BCUT2D eigenvalue weighted by Crippen LogP contribution is -2.43. The summed E-state index contributed by atoms with van der Waals surface area (Å²) in [5.74, 6) is 1.85. The number of hydrogen-bond acceptors (Lipinski definition) is 2. The molecule has 0 radical (unpaired) electrons. The summed E-state index contributed by atoms with van der Waals surface area (Å²) in [4.78, 5) is 14.5. The Bertz CT molecular complexity index is 481. The Balaban J connectivity index is 1.68. The highest BCUT2D eigenvalue weighted by Gasteiger charge is 2.35. The van der Waals surface area contributed by atoms with E-state index in [2.05, 4.69) is 13.0 Å². The average molecular weight is 259 g/mol. The molecular formula is C16H21NO2. The quantitative estimate of drug-likeness (QED) is 0.834. The van der Waals surface area contributed by atoms with Crippen LogP contribution in [-0.4, -0.2) is 30.5 Å². The van der Waals surface area contributed by atoms with Crippen molar-refractivity contribution in [3.05, 3.63) is 29.8 Å². The lowest BCUT2D eigenvalue weighted by atomic mass is 9.95. The third-order valence-electron chi connectivity index (χ3n) is 4.49. The van der Waals surface area contributed by atoms with Gasteiger partial charge >= 0.3 is 0 Å². The molecule has 0 N–H and O–H groups in total. The standard InChI is InChI=1S/C16H21NO2/c1-11(12-7-8-12)17(2)16(18)14-9-13-5-3-4-6-15(13)19-10-14/h3-6,11-12,14H,7-10H2,1-2H3/t11-,14-/m0/s1. The lowest BCUT2D eigenvalue weighted by molar-refractivity contribution is -0.137. The predicted molar refractivity (Wildman–Crippen MR) is 74.1 cm³/mol. The fourth-order valence-corrected chi connectivity index (χ4v) is 2.87. The zero-order valence-electron chi connectivity index (χ0n) is 11.6. The van der Waals surface area contributed by atoms with Gasteiger partial charge in [-0.25, -0.2) is 0 Å². The van der Waals surface area contributed by atoms with Gasteiger partial charge in [-0.15, -0.1) is 0 Å². The topological polar surface area (TPSA) is 29.5 Å². The van der Waals surface area contributed by atoms with Crippen LogP contribution in [0, 0.1) is 11.8 Å². The molecule has 0 aromatic heterocycles. The second kappa shape index (κ2) is 4.87. The van der Waals surface area contributed by atoms with Crippen LogP contribution < -0.4 is 4.74 Å². The zero-order chi connectivity index (χ0) is 13.4. The number of fused-ring (bicyclic) bond motifs is 1. The number of hydrogen-bond donors (Lipinski definition) is 0. The number of rotatable bonds is 3. The summed E-state index contributed by atoms with van der Waals surface area (Å²) in [6.45, 7) is 2.67. The summed E-state index contributed by atoms with van der Waals surface area (Å²) < 4.78 is 5.72. The number of carbonyl (C=O) groups is 1. The van der Waals surface area contributed by atoms with Gasteiger partial charge in [-0.3, -0.25) is 4.79 Å². The van der Waals surface area contributed by atoms with Crippen LogP contribution in [0.3, 0.4) is 0 Å². The normalized spacial score (nSPS) is 23.2. The third-order valence-corrected chi connectivity index (χ3v) is 4.49. The molecule has 2 aliphatic rings. The van der Waals surface area contributed by atoms with Gasteiger partial charge in [-0.1, -0.05) is 18.2 Å². The van der Waals surface area contributed by atoms with Crippen molar-refractivity contribution in [3.8, 4) is 5.75 Å². The van der Waals surface area contributed by atoms with Crippen molar-refractivity contribution in [1.29, 1.82) is 0 Å². The molecule has 0 unspecified atom stereocenters. The smallest absolute Gasteiger partial charge is 0.229 e. The van der Waals surface area contributed by atoms with E-state index in [0.29, 0.717) is 18.6 Å². The highest BCUT2D eigenvalue weighted by molar-refractivity contribution is 5.80. The minimum absolute atomic E-state index is 0.0268. The summed E-state index contributed by atoms with van der Waals surface area (Å²) in [6, 6.07) is 8.38. The van der Waals surface area contributed by atoms with Gasteiger partial charge in [-0.05, 0) is 43.7 Å². The molecule has 1 aliphatic heterocycles. The third kappa shape index (κ3) is 2.46. The first kappa shape index (κ1) is 12.5. The maximum absolute atomic E-state index is 12.5. The Morgan fingerprint density at radius 3 is 2.84 bits per heavy atom. The van der Waals surface area contributed by atoms with Crippen LogP contribution in [0.2, 0.25) is 0 Å². The summed E-state index contributed by atoms with van der Waals surface area (Å²) in [6.07, 6.45) is 3.34. The zero-order valence-corrected chi connectivity index (χ0v) is 11.6. The van der Waals surface area contributed by atoms with E-state index in [1.165, 1.54) is 12.8 Å². The maximum Gasteiger partial charge on any atom is 0.229 e. The highest BCUT2D eigenvalue weighted by atomic mass is 16.5. The van der Waals surface area contributed by atoms with E-state index in [0.717, 1.165) is 17.7 Å². The van der Waals surface area contributed by atoms with Gasteiger partial charge in [0.2, 0.25) is 5.91 Å². The van der Waals surface area contributed by atoms with Crippen LogP contribution in [0.1, 0.15) is 25.3 Å². The van der Waals surface area contributed by atoms with Crippen LogP contribution in [-0.2, 0) is 11.2 Å². The molecule has 3 nitrogen and oxygen atoms in total. The molecule has 1 aliphatic carbocycles. The number of amides is 1. The minimum Gasteiger partial charge on any atom is -0.492 e. The second-order valence-electron chi connectivity index (χ2n) is 5.85. The Morgan fingerprint density at radius 1 is 1.37 bits per heavy atom. The first-order valence-corrected chi connectivity index (χ1v) is 7.14. The van der Waals surface area contributed by atoms with Crippen molar-refractivity contribution in [2.45, 2.75) is 32.2 Å². The van der Waals surface area contributed by atoms with Crippen molar-refractivity contribution in [2.75, 3.05) is 13.7 Å². The second-order valence-corrected chi connectivity index (χ2v) is 5.85. The number of carbonyl (C=O) groups excluding carboxylic acids is 1. The van der Waals surface area contributed by atoms with Gasteiger partial charge in [0, 0.05) is 13.1 Å². The Labute approximate surface area is 114 Å². The fraction of sp³-hybridized carbons (Fsp3) is 0.562. The van der Waals surface area contributed by atoms with E-state index in [1.54, 1.807) is 0 Å². The maximum atomic E-state index is 12.5. The van der Waals surface area contributed by atoms with Crippen LogP contribution in [0.4, 0.5) is 0 Å². The molecule has 1 heterocycles. The van der Waals surface area contributed by atoms with E-state index >= 15 is 0 Å². The number of para-hydroxylation sites is 1. The van der Waals surface area contributed by atoms with E-state index in [-0.39, 0.29) is 11.8 Å². The average Bonchev–Trinajstić information content (AvgIpc) is 3.29. The van der Waals surface area contributed by atoms with E-state index in [9.17, 15) is 4.79 Å². The summed E-state index contributed by atoms with van der Waals surface area (Å²) in [5, 5.41) is 0. The molecule has 1 saturated carbocycles. The Kier molecular flexibility index (Phi) is 3.21. The highest BCUT2D eigenvalue weighted by Crippen LogP contribution is 2.35. The number of nitrogens with zero attached hydrogens (tertiary/aromatic N) is 1. The SMILES string of the molecule is C[C@@H](C1CC1)N(C)C(=O)[C@@H]1COc2ccccc2C1. The van der Waals surface area contributed by atoms with E-state index in [1.807, 2.05) is 30.1 Å². The van der Waals surface area contributed by atoms with Crippen LogP contribution in [0.5, 0.6) is 5.75 Å². The predicted octanol–water partition coefficient (Wildman–Crippen LogP) is 2.49. The van der Waals surface area contributed by atoms with Gasteiger partial charge < -0.3 is 9.64 Å². The molecule has 102 valence electrons. The van der Waals surface area contributed by atoms with Crippen LogP contribution in [0.25, 0.3) is 0 Å². The van der Waals surface area contributed by atoms with Crippen molar-refractivity contribution < 1.29 is 9.53 Å². The monoisotopic (exact) mass is 259 g/mol. The molecule has 0 saturated heterocycles. The van der Waals surface area contributed by atoms with Crippen molar-refractivity contribution >= 4 is 5.91 Å². The van der Waals surface area contributed by atoms with Gasteiger partial charge in [0.05, 0.1) is 5.92 Å². The molecule has 3 heteroatoms. The van der Waals surface area contributed by atoms with Gasteiger partial charge in [-0.2, -0.15) is 0 Å². The molecule has 1 aromatic carbocycles. The lowest BCUT2D eigenvalue weighted by Gasteiger charge is -2.31. The molecule has 19 heavy (non-hydrogen) atoms. The summed E-state index contributed by atoms with van der Waals surface area (Å²) >= 11 is 0. The Hall–Kier alpha value is -1.51. The Morgan fingerprint density at radius 2 is 2.11 bits per heavy atom. The molecule has 2 atom stereocenters.